The van der Waals surface area contributed by atoms with Gasteiger partial charge in [-0.1, -0.05) is 18.2 Å². The molecular weight excluding hydrogens is 360 g/mol. The molecule has 0 aliphatic carbocycles. The molecule has 1 aromatic carbocycles. The molecule has 0 saturated heterocycles. The quantitative estimate of drug-likeness (QED) is 0.716. The lowest BCUT2D eigenvalue weighted by Crippen LogP contribution is -2.16. The van der Waals surface area contributed by atoms with E-state index in [0.717, 1.165) is 5.56 Å². The average molecular weight is 383 g/mol. The van der Waals surface area contributed by atoms with E-state index in [-0.39, 0.29) is 17.2 Å². The summed E-state index contributed by atoms with van der Waals surface area (Å²) in [6, 6.07) is 7.26. The van der Waals surface area contributed by atoms with E-state index in [0.29, 0.717) is 22.7 Å². The monoisotopic (exact) mass is 382 g/mol. The molecule has 0 spiro atoms. The number of carbonyl (C=O) groups excluding carboxylic acids is 1. The van der Waals surface area contributed by atoms with Crippen molar-refractivity contribution in [3.63, 3.8) is 0 Å². The molecule has 8 heteroatoms. The first-order chi connectivity index (χ1) is 11.8. The number of hydrogen-bond acceptors (Lipinski definition) is 5. The van der Waals surface area contributed by atoms with Gasteiger partial charge in [-0.15, -0.1) is 0 Å². The summed E-state index contributed by atoms with van der Waals surface area (Å²) in [5.74, 6) is 0.130. The van der Waals surface area contributed by atoms with E-state index in [4.69, 9.17) is 4.74 Å². The Morgan fingerprint density at radius 2 is 1.96 bits per heavy atom. The summed E-state index contributed by atoms with van der Waals surface area (Å²) in [7, 11) is -3.84. The third-order valence-corrected chi connectivity index (χ3v) is 5.92. The number of para-hydroxylation sites is 1. The van der Waals surface area contributed by atoms with Gasteiger partial charge in [-0.3, -0.25) is 4.72 Å². The summed E-state index contributed by atoms with van der Waals surface area (Å²) in [6.07, 6.45) is 1.96. The lowest BCUT2D eigenvalue weighted by Gasteiger charge is -2.12. The van der Waals surface area contributed by atoms with E-state index in [1.54, 1.807) is 44.7 Å². The fourth-order valence-corrected chi connectivity index (χ4v) is 4.75. The number of carbonyl (C=O) groups is 1. The number of H-pyrrole nitrogens is 1. The number of sulfonamides is 1. The highest BCUT2D eigenvalue weighted by Gasteiger charge is 2.27. The molecule has 0 radical (unpaired) electrons. The number of rotatable bonds is 7. The SMILES string of the molecule is CCOC(=O)c1[nH]c(C)c(S(=O)(=O)Nc2ccccc2CSC)c1C. The van der Waals surface area contributed by atoms with E-state index >= 15 is 0 Å². The van der Waals surface area contributed by atoms with Crippen molar-refractivity contribution in [3.8, 4) is 0 Å². The second-order valence-electron chi connectivity index (χ2n) is 5.50. The van der Waals surface area contributed by atoms with Crippen molar-refractivity contribution < 1.29 is 17.9 Å². The van der Waals surface area contributed by atoms with Crippen LogP contribution in [0.15, 0.2) is 29.2 Å². The van der Waals surface area contributed by atoms with Gasteiger partial charge in [0.05, 0.1) is 12.3 Å². The maximum atomic E-state index is 12.9. The van der Waals surface area contributed by atoms with Gasteiger partial charge in [0, 0.05) is 17.0 Å². The van der Waals surface area contributed by atoms with Gasteiger partial charge in [0.1, 0.15) is 10.6 Å². The molecule has 0 aliphatic heterocycles. The fourth-order valence-electron chi connectivity index (χ4n) is 2.64. The van der Waals surface area contributed by atoms with Gasteiger partial charge in [0.25, 0.3) is 10.0 Å². The summed E-state index contributed by atoms with van der Waals surface area (Å²) < 4.78 is 33.4. The molecule has 136 valence electrons. The van der Waals surface area contributed by atoms with Crippen LogP contribution in [0, 0.1) is 13.8 Å². The van der Waals surface area contributed by atoms with Gasteiger partial charge in [-0.2, -0.15) is 11.8 Å². The summed E-state index contributed by atoms with van der Waals surface area (Å²) in [4.78, 5) is 14.9. The van der Waals surface area contributed by atoms with Crippen LogP contribution in [0.2, 0.25) is 0 Å². The molecule has 25 heavy (non-hydrogen) atoms. The van der Waals surface area contributed by atoms with Gasteiger partial charge in [0.2, 0.25) is 0 Å². The summed E-state index contributed by atoms with van der Waals surface area (Å²) in [6.45, 7) is 5.14. The van der Waals surface area contributed by atoms with Gasteiger partial charge >= 0.3 is 5.97 Å². The molecular formula is C17H22N2O4S2. The zero-order chi connectivity index (χ0) is 18.6. The maximum absolute atomic E-state index is 12.9. The molecule has 0 bridgehead atoms. The molecule has 0 amide bonds. The Morgan fingerprint density at radius 1 is 1.28 bits per heavy atom. The largest absolute Gasteiger partial charge is 0.461 e. The first-order valence-corrected chi connectivity index (χ1v) is 10.7. The Labute approximate surface area is 152 Å². The van der Waals surface area contributed by atoms with Crippen molar-refractivity contribution in [3.05, 3.63) is 46.8 Å². The first kappa shape index (κ1) is 19.4. The van der Waals surface area contributed by atoms with Crippen molar-refractivity contribution in [1.29, 1.82) is 0 Å². The van der Waals surface area contributed by atoms with E-state index in [1.807, 2.05) is 18.4 Å². The topological polar surface area (TPSA) is 88.3 Å². The molecule has 0 saturated carbocycles. The Balaban J connectivity index is 2.43. The van der Waals surface area contributed by atoms with Crippen LogP contribution >= 0.6 is 11.8 Å². The highest BCUT2D eigenvalue weighted by molar-refractivity contribution is 7.97. The molecule has 0 aliphatic rings. The van der Waals surface area contributed by atoms with Crippen molar-refractivity contribution in [2.24, 2.45) is 0 Å². The zero-order valence-electron chi connectivity index (χ0n) is 14.7. The minimum atomic E-state index is -3.84. The van der Waals surface area contributed by atoms with Crippen LogP contribution in [0.4, 0.5) is 5.69 Å². The van der Waals surface area contributed by atoms with Crippen LogP contribution in [-0.4, -0.2) is 32.2 Å². The van der Waals surface area contributed by atoms with Gasteiger partial charge < -0.3 is 9.72 Å². The van der Waals surface area contributed by atoms with Crippen molar-refractivity contribution in [2.45, 2.75) is 31.4 Å². The second-order valence-corrected chi connectivity index (χ2v) is 7.98. The molecule has 2 N–H and O–H groups in total. The molecule has 0 unspecified atom stereocenters. The number of anilines is 1. The van der Waals surface area contributed by atoms with E-state index < -0.39 is 16.0 Å². The third-order valence-electron chi connectivity index (χ3n) is 3.68. The Hall–Kier alpha value is -1.93. The van der Waals surface area contributed by atoms with Crippen LogP contribution in [0.5, 0.6) is 0 Å². The van der Waals surface area contributed by atoms with Crippen LogP contribution in [0.25, 0.3) is 0 Å². The van der Waals surface area contributed by atoms with Crippen molar-refractivity contribution >= 4 is 33.4 Å². The minimum Gasteiger partial charge on any atom is -0.461 e. The number of thioether (sulfide) groups is 1. The Morgan fingerprint density at radius 3 is 2.60 bits per heavy atom. The average Bonchev–Trinajstić information content (AvgIpc) is 2.85. The number of aromatic amines is 1. The molecule has 0 fully saturated rings. The highest BCUT2D eigenvalue weighted by Crippen LogP contribution is 2.28. The minimum absolute atomic E-state index is 0.0782. The number of ether oxygens (including phenoxy) is 1. The predicted molar refractivity (Wildman–Crippen MR) is 101 cm³/mol. The number of aryl methyl sites for hydroxylation is 1. The highest BCUT2D eigenvalue weighted by atomic mass is 32.2. The number of hydrogen-bond donors (Lipinski definition) is 2. The zero-order valence-corrected chi connectivity index (χ0v) is 16.3. The van der Waals surface area contributed by atoms with Crippen molar-refractivity contribution in [1.82, 2.24) is 4.98 Å². The number of nitrogens with one attached hydrogen (secondary N) is 2. The second kappa shape index (κ2) is 7.97. The van der Waals surface area contributed by atoms with Crippen LogP contribution in [-0.2, 0) is 20.5 Å². The van der Waals surface area contributed by atoms with E-state index in [9.17, 15) is 13.2 Å². The Bertz CT molecular complexity index is 873. The number of benzene rings is 1. The Kier molecular flexibility index (Phi) is 6.18. The van der Waals surface area contributed by atoms with E-state index in [1.165, 1.54) is 0 Å². The first-order valence-electron chi connectivity index (χ1n) is 7.77. The normalized spacial score (nSPS) is 11.4. The standard InChI is InChI=1S/C17H22N2O4S2/c1-5-23-17(20)15-11(2)16(12(3)18-15)25(21,22)19-14-9-7-6-8-13(14)10-24-4/h6-9,18-19H,5,10H2,1-4H3. The number of esters is 1. The van der Waals surface area contributed by atoms with Crippen molar-refractivity contribution in [2.75, 3.05) is 17.6 Å². The molecule has 0 atom stereocenters. The smallest absolute Gasteiger partial charge is 0.355 e. The molecule has 6 nitrogen and oxygen atoms in total. The molecule has 2 aromatic rings. The summed E-state index contributed by atoms with van der Waals surface area (Å²) in [5, 5.41) is 0. The van der Waals surface area contributed by atoms with Crippen LogP contribution < -0.4 is 4.72 Å². The number of aromatic nitrogens is 1. The van der Waals surface area contributed by atoms with Gasteiger partial charge in [-0.25, -0.2) is 13.2 Å². The van der Waals surface area contributed by atoms with Gasteiger partial charge in [0.15, 0.2) is 0 Å². The fraction of sp³-hybridized carbons (Fsp3) is 0.353. The van der Waals surface area contributed by atoms with E-state index in [2.05, 4.69) is 9.71 Å². The summed E-state index contributed by atoms with van der Waals surface area (Å²) in [5.41, 5.74) is 2.35. The lowest BCUT2D eigenvalue weighted by atomic mass is 10.2. The third kappa shape index (κ3) is 4.19. The lowest BCUT2D eigenvalue weighted by molar-refractivity contribution is 0.0519. The molecule has 1 aromatic heterocycles. The summed E-state index contributed by atoms with van der Waals surface area (Å²) >= 11 is 1.61. The van der Waals surface area contributed by atoms with Crippen LogP contribution in [0.3, 0.4) is 0 Å². The van der Waals surface area contributed by atoms with Crippen LogP contribution in [0.1, 0.15) is 34.2 Å². The molecule has 2 rings (SSSR count). The van der Waals surface area contributed by atoms with Gasteiger partial charge in [-0.05, 0) is 38.7 Å². The predicted octanol–water partition coefficient (Wildman–Crippen LogP) is 3.47. The maximum Gasteiger partial charge on any atom is 0.355 e. The molecule has 1 heterocycles.